The number of hydrogen-bond acceptors (Lipinski definition) is 7. The zero-order valence-electron chi connectivity index (χ0n) is 21.7. The predicted octanol–water partition coefficient (Wildman–Crippen LogP) is 3.10. The number of pyridine rings is 2. The van der Waals surface area contributed by atoms with Gasteiger partial charge in [0.25, 0.3) is 5.91 Å². The number of rotatable bonds is 8. The Labute approximate surface area is 226 Å². The Hall–Kier alpha value is -4.25. The molecule has 3 aromatic rings. The monoisotopic (exact) mass is 561 g/mol. The molecule has 3 N–H and O–H groups in total. The van der Waals surface area contributed by atoms with Gasteiger partial charge < -0.3 is 20.6 Å². The summed E-state index contributed by atoms with van der Waals surface area (Å²) in [6, 6.07) is 6.47. The van der Waals surface area contributed by atoms with E-state index in [4.69, 9.17) is 5.26 Å². The van der Waals surface area contributed by atoms with Crippen LogP contribution in [0.5, 0.6) is 0 Å². The molecule has 0 radical (unpaired) electrons. The number of nitrogens with one attached hydrogen (secondary N) is 2. The summed E-state index contributed by atoms with van der Waals surface area (Å²) in [6.07, 6.45) is -3.25. The Kier molecular flexibility index (Phi) is 7.97. The normalized spacial score (nSPS) is 16.6. The van der Waals surface area contributed by atoms with Crippen molar-refractivity contribution in [2.24, 2.45) is 0 Å². The van der Waals surface area contributed by atoms with Crippen LogP contribution in [0.2, 0.25) is 0 Å². The van der Waals surface area contributed by atoms with E-state index in [1.54, 1.807) is 22.9 Å². The van der Waals surface area contributed by atoms with Gasteiger partial charge in [-0.25, -0.2) is 14.4 Å². The second kappa shape index (κ2) is 11.1. The number of nitriles is 1. The minimum absolute atomic E-state index is 0.0101. The van der Waals surface area contributed by atoms with Gasteiger partial charge in [-0.15, -0.1) is 0 Å². The lowest BCUT2D eigenvalue weighted by atomic mass is 10.0. The fourth-order valence-electron chi connectivity index (χ4n) is 4.28. The molecule has 0 aromatic carbocycles. The lowest BCUT2D eigenvalue weighted by molar-refractivity contribution is -0.160. The summed E-state index contributed by atoms with van der Waals surface area (Å²) in [5, 5.41) is 25.2. The summed E-state index contributed by atoms with van der Waals surface area (Å²) in [4.78, 5) is 34.8. The molecule has 212 valence electrons. The van der Waals surface area contributed by atoms with E-state index in [1.165, 1.54) is 32.3 Å². The number of halogens is 4. The van der Waals surface area contributed by atoms with E-state index in [9.17, 15) is 32.3 Å². The first-order chi connectivity index (χ1) is 18.7. The number of aromatic nitrogens is 3. The van der Waals surface area contributed by atoms with Crippen molar-refractivity contribution >= 4 is 28.5 Å². The highest BCUT2D eigenvalue weighted by Gasteiger charge is 2.36. The van der Waals surface area contributed by atoms with Crippen LogP contribution in [0.4, 0.5) is 23.2 Å². The fraction of sp³-hybridized carbons (Fsp3) is 0.423. The van der Waals surface area contributed by atoms with Crippen molar-refractivity contribution in [2.45, 2.75) is 50.7 Å². The zero-order chi connectivity index (χ0) is 29.2. The first kappa shape index (κ1) is 28.8. The quantitative estimate of drug-likeness (QED) is 0.360. The van der Waals surface area contributed by atoms with E-state index in [2.05, 4.69) is 20.6 Å². The lowest BCUT2D eigenvalue weighted by Crippen LogP contribution is -2.42. The number of alkyl halides is 4. The van der Waals surface area contributed by atoms with E-state index < -0.39 is 48.8 Å². The average molecular weight is 562 g/mol. The molecule has 0 saturated carbocycles. The number of carbonyl (C=O) groups is 2. The van der Waals surface area contributed by atoms with Gasteiger partial charge in [0.1, 0.15) is 30.1 Å². The maximum atomic E-state index is 14.3. The largest absolute Gasteiger partial charge is 0.397 e. The van der Waals surface area contributed by atoms with E-state index >= 15 is 0 Å². The van der Waals surface area contributed by atoms with Crippen LogP contribution in [0, 0.1) is 11.3 Å². The molecule has 10 nitrogen and oxygen atoms in total. The number of hydrogen-bond donors (Lipinski definition) is 3. The van der Waals surface area contributed by atoms with Gasteiger partial charge >= 0.3 is 6.18 Å². The summed E-state index contributed by atoms with van der Waals surface area (Å²) in [5.41, 5.74) is -0.532. The second-order valence-electron chi connectivity index (χ2n) is 10.1. The summed E-state index contributed by atoms with van der Waals surface area (Å²) >= 11 is 0. The molecule has 0 spiro atoms. The number of fused-ring (bicyclic) bond motifs is 1. The summed E-state index contributed by atoms with van der Waals surface area (Å²) in [7, 11) is 0. The Morgan fingerprint density at radius 1 is 1.25 bits per heavy atom. The van der Waals surface area contributed by atoms with Gasteiger partial charge in [-0.3, -0.25) is 14.2 Å². The first-order valence-electron chi connectivity index (χ1n) is 12.4. The highest BCUT2D eigenvalue weighted by Crippen LogP contribution is 2.27. The number of carbonyl (C=O) groups excluding carboxylic acids is 2. The van der Waals surface area contributed by atoms with Gasteiger partial charge in [-0.05, 0) is 32.4 Å². The number of aliphatic hydroxyl groups is 1. The third kappa shape index (κ3) is 6.66. The van der Waals surface area contributed by atoms with Crippen molar-refractivity contribution in [3.05, 3.63) is 47.9 Å². The molecule has 1 aliphatic rings. The van der Waals surface area contributed by atoms with E-state index in [1.807, 2.05) is 6.07 Å². The summed E-state index contributed by atoms with van der Waals surface area (Å²) in [6.45, 7) is 2.17. The van der Waals surface area contributed by atoms with Crippen LogP contribution in [0.15, 0.2) is 36.8 Å². The minimum Gasteiger partial charge on any atom is -0.387 e. The van der Waals surface area contributed by atoms with Crippen molar-refractivity contribution in [1.29, 1.82) is 5.26 Å². The van der Waals surface area contributed by atoms with Crippen LogP contribution in [0.1, 0.15) is 42.6 Å². The van der Waals surface area contributed by atoms with Crippen molar-refractivity contribution in [3.63, 3.8) is 0 Å². The lowest BCUT2D eigenvalue weighted by Gasteiger charge is -2.23. The predicted molar refractivity (Wildman–Crippen MR) is 136 cm³/mol. The highest BCUT2D eigenvalue weighted by molar-refractivity contribution is 5.99. The Morgan fingerprint density at radius 3 is 2.67 bits per heavy atom. The van der Waals surface area contributed by atoms with Crippen LogP contribution >= 0.6 is 0 Å². The molecule has 14 heteroatoms. The third-order valence-corrected chi connectivity index (χ3v) is 6.50. The number of anilines is 1. The molecule has 0 aliphatic carbocycles. The standard InChI is InChI=1S/C26H27F4N7O3/c1-25(2,40)20(27)13-34-24(39)18-12-32-21(37-6-3-16-7-15(10-31)11-33-23(16)37)8-19(18)35-17-4-5-36(14-17)22(38)9-26(28,29)30/h3,6-8,11-12,17,20,40H,4-5,9,13-14H2,1-2H3,(H,32,35)(H,34,39)/t17-,20-/m1/s1. The van der Waals surface area contributed by atoms with Crippen LogP contribution in [-0.4, -0.2) is 80.0 Å². The van der Waals surface area contributed by atoms with Crippen molar-refractivity contribution in [1.82, 2.24) is 24.8 Å². The van der Waals surface area contributed by atoms with Gasteiger partial charge in [0, 0.05) is 49.2 Å². The minimum atomic E-state index is -4.62. The maximum absolute atomic E-state index is 14.3. The van der Waals surface area contributed by atoms with Gasteiger partial charge in [0.05, 0.1) is 29.0 Å². The summed E-state index contributed by atoms with van der Waals surface area (Å²) in [5.74, 6) is -1.38. The van der Waals surface area contributed by atoms with Crippen LogP contribution in [0.3, 0.4) is 0 Å². The van der Waals surface area contributed by atoms with Gasteiger partial charge in [-0.2, -0.15) is 18.4 Å². The Balaban J connectivity index is 1.62. The first-order valence-corrected chi connectivity index (χ1v) is 12.4. The molecule has 1 aliphatic heterocycles. The SMILES string of the molecule is CC(C)(O)[C@H](F)CNC(=O)c1cnc(-n2ccc3cc(C#N)cnc32)cc1N[C@@H]1CCN(C(=O)CC(F)(F)F)C1. The van der Waals surface area contributed by atoms with Crippen LogP contribution in [0.25, 0.3) is 16.9 Å². The molecule has 2 amide bonds. The van der Waals surface area contributed by atoms with Crippen LogP contribution in [-0.2, 0) is 4.79 Å². The Bertz CT molecular complexity index is 1460. The molecule has 3 aromatic heterocycles. The molecule has 0 unspecified atom stereocenters. The van der Waals surface area contributed by atoms with Crippen molar-refractivity contribution in [3.8, 4) is 11.9 Å². The van der Waals surface area contributed by atoms with E-state index in [-0.39, 0.29) is 24.3 Å². The molecule has 4 heterocycles. The molecule has 1 saturated heterocycles. The van der Waals surface area contributed by atoms with E-state index in [0.29, 0.717) is 28.8 Å². The molecular formula is C26H27F4N7O3. The third-order valence-electron chi connectivity index (χ3n) is 6.50. The Morgan fingerprint density at radius 2 is 2.00 bits per heavy atom. The molecule has 40 heavy (non-hydrogen) atoms. The van der Waals surface area contributed by atoms with Gasteiger partial charge in [-0.1, -0.05) is 0 Å². The second-order valence-corrected chi connectivity index (χ2v) is 10.1. The zero-order valence-corrected chi connectivity index (χ0v) is 21.7. The highest BCUT2D eigenvalue weighted by atomic mass is 19.4. The topological polar surface area (TPSA) is 136 Å². The average Bonchev–Trinajstić information content (AvgIpc) is 3.52. The van der Waals surface area contributed by atoms with Gasteiger partial charge in [0.15, 0.2) is 0 Å². The number of nitrogens with zero attached hydrogens (tertiary/aromatic N) is 5. The van der Waals surface area contributed by atoms with Gasteiger partial charge in [0.2, 0.25) is 5.91 Å². The van der Waals surface area contributed by atoms with Crippen LogP contribution < -0.4 is 10.6 Å². The molecule has 0 bridgehead atoms. The van der Waals surface area contributed by atoms with Crippen molar-refractivity contribution in [2.75, 3.05) is 25.0 Å². The molecule has 1 fully saturated rings. The smallest absolute Gasteiger partial charge is 0.387 e. The number of amides is 2. The summed E-state index contributed by atoms with van der Waals surface area (Å²) < 4.78 is 54.0. The fourth-order valence-corrected chi connectivity index (χ4v) is 4.28. The number of likely N-dealkylation sites (tertiary alicyclic amines) is 1. The maximum Gasteiger partial charge on any atom is 0.397 e. The molecular weight excluding hydrogens is 534 g/mol. The van der Waals surface area contributed by atoms with E-state index in [0.717, 1.165) is 4.90 Å². The van der Waals surface area contributed by atoms with Crippen molar-refractivity contribution < 1.29 is 32.3 Å². The molecule has 4 rings (SSSR count). The molecule has 2 atom stereocenters.